The van der Waals surface area contributed by atoms with Crippen molar-refractivity contribution >= 4 is 5.78 Å². The summed E-state index contributed by atoms with van der Waals surface area (Å²) in [5, 5.41) is 42.3. The van der Waals surface area contributed by atoms with Gasteiger partial charge < -0.3 is 20.4 Å². The number of ketones is 1. The lowest BCUT2D eigenvalue weighted by atomic mass is 9.45. The Labute approximate surface area is 155 Å². The molecule has 8 unspecified atom stereocenters. The van der Waals surface area contributed by atoms with Gasteiger partial charge >= 0.3 is 0 Å². The van der Waals surface area contributed by atoms with Gasteiger partial charge in [-0.15, -0.1) is 0 Å². The maximum atomic E-state index is 11.9. The molecule has 5 nitrogen and oxygen atoms in total. The van der Waals surface area contributed by atoms with Crippen molar-refractivity contribution in [2.45, 2.75) is 76.6 Å². The van der Waals surface area contributed by atoms with Crippen LogP contribution >= 0.6 is 0 Å². The minimum Gasteiger partial charge on any atom is -0.394 e. The highest BCUT2D eigenvalue weighted by molar-refractivity contribution is 5.91. The first-order valence-corrected chi connectivity index (χ1v) is 10.1. The topological polar surface area (TPSA) is 98.0 Å². The van der Waals surface area contributed by atoms with E-state index in [9.17, 15) is 25.2 Å². The summed E-state index contributed by atoms with van der Waals surface area (Å²) in [4.78, 5) is 11.9. The molecule has 5 heteroatoms. The van der Waals surface area contributed by atoms with Crippen molar-refractivity contribution in [3.8, 4) is 0 Å². The standard InChI is InChI=1S/C21H32O5/c1-19-7-5-13(23)9-12(19)3-4-14-15-6-8-21(26,17(25)11-22)20(15,2)10-16(24)18(14)19/h9,14-18,22,24-26H,3-8,10-11H2,1-2H3. The number of carbonyl (C=O) groups excluding carboxylic acids is 1. The number of hydrogen-bond acceptors (Lipinski definition) is 5. The van der Waals surface area contributed by atoms with Gasteiger partial charge in [-0.2, -0.15) is 0 Å². The zero-order valence-corrected chi connectivity index (χ0v) is 15.8. The van der Waals surface area contributed by atoms with Crippen molar-refractivity contribution in [3.05, 3.63) is 11.6 Å². The summed E-state index contributed by atoms with van der Waals surface area (Å²) < 4.78 is 0. The van der Waals surface area contributed by atoms with E-state index in [0.29, 0.717) is 19.3 Å². The Morgan fingerprint density at radius 3 is 2.65 bits per heavy atom. The van der Waals surface area contributed by atoms with Crippen LogP contribution in [0.4, 0.5) is 0 Å². The summed E-state index contributed by atoms with van der Waals surface area (Å²) in [5.74, 6) is 0.798. The molecule has 0 bridgehead atoms. The third-order valence-electron chi connectivity index (χ3n) is 8.84. The lowest BCUT2D eigenvalue weighted by Crippen LogP contribution is -2.63. The highest BCUT2D eigenvalue weighted by Gasteiger charge is 2.67. The van der Waals surface area contributed by atoms with Crippen LogP contribution in [0.5, 0.6) is 0 Å². The predicted molar refractivity (Wildman–Crippen MR) is 96.1 cm³/mol. The van der Waals surface area contributed by atoms with Gasteiger partial charge in [0, 0.05) is 11.8 Å². The molecule has 4 N–H and O–H groups in total. The number of allylic oxidation sites excluding steroid dienone is 1. The van der Waals surface area contributed by atoms with Crippen LogP contribution in [0.15, 0.2) is 11.6 Å². The molecule has 0 radical (unpaired) electrons. The van der Waals surface area contributed by atoms with Crippen molar-refractivity contribution in [2.24, 2.45) is 28.6 Å². The number of rotatable bonds is 2. The molecule has 4 rings (SSSR count). The van der Waals surface area contributed by atoms with Gasteiger partial charge in [0.1, 0.15) is 6.10 Å². The van der Waals surface area contributed by atoms with E-state index in [1.54, 1.807) is 0 Å². The monoisotopic (exact) mass is 364 g/mol. The Bertz CT molecular complexity index is 644. The van der Waals surface area contributed by atoms with Crippen LogP contribution in [-0.4, -0.2) is 50.6 Å². The van der Waals surface area contributed by atoms with E-state index in [0.717, 1.165) is 25.7 Å². The zero-order chi connectivity index (χ0) is 18.9. The van der Waals surface area contributed by atoms with Gasteiger partial charge in [0.15, 0.2) is 5.78 Å². The number of fused-ring (bicyclic) bond motifs is 5. The van der Waals surface area contributed by atoms with Crippen molar-refractivity contribution in [3.63, 3.8) is 0 Å². The first kappa shape index (κ1) is 18.6. The van der Waals surface area contributed by atoms with E-state index >= 15 is 0 Å². The van der Waals surface area contributed by atoms with Crippen molar-refractivity contribution in [1.29, 1.82) is 0 Å². The molecule has 3 saturated carbocycles. The second kappa shape index (κ2) is 5.87. The van der Waals surface area contributed by atoms with Gasteiger partial charge in [-0.05, 0) is 67.8 Å². The lowest BCUT2D eigenvalue weighted by molar-refractivity contribution is -0.207. The normalized spacial score (nSPS) is 51.9. The first-order chi connectivity index (χ1) is 12.2. The van der Waals surface area contributed by atoms with E-state index in [1.165, 1.54) is 5.57 Å². The Balaban J connectivity index is 1.72. The van der Waals surface area contributed by atoms with Crippen molar-refractivity contribution in [1.82, 2.24) is 0 Å². The third kappa shape index (κ3) is 2.20. The molecule has 146 valence electrons. The largest absolute Gasteiger partial charge is 0.394 e. The molecular weight excluding hydrogens is 332 g/mol. The van der Waals surface area contributed by atoms with Gasteiger partial charge in [0.05, 0.1) is 18.3 Å². The van der Waals surface area contributed by atoms with Crippen molar-refractivity contribution in [2.75, 3.05) is 6.61 Å². The maximum absolute atomic E-state index is 11.9. The molecule has 4 aliphatic carbocycles. The van der Waals surface area contributed by atoms with Gasteiger partial charge in [-0.1, -0.05) is 19.4 Å². The Morgan fingerprint density at radius 2 is 1.96 bits per heavy atom. The maximum Gasteiger partial charge on any atom is 0.155 e. The summed E-state index contributed by atoms with van der Waals surface area (Å²) in [6.45, 7) is 3.73. The second-order valence-corrected chi connectivity index (χ2v) is 9.74. The molecule has 0 amide bonds. The molecule has 0 aromatic carbocycles. The molecule has 0 heterocycles. The first-order valence-electron chi connectivity index (χ1n) is 10.1. The molecule has 0 aromatic rings. The zero-order valence-electron chi connectivity index (χ0n) is 15.8. The van der Waals surface area contributed by atoms with Crippen molar-refractivity contribution < 1.29 is 25.2 Å². The molecular formula is C21H32O5. The van der Waals surface area contributed by atoms with Crippen LogP contribution in [0.3, 0.4) is 0 Å². The van der Waals surface area contributed by atoms with E-state index < -0.39 is 29.8 Å². The van der Waals surface area contributed by atoms with Crippen LogP contribution in [0.25, 0.3) is 0 Å². The second-order valence-electron chi connectivity index (χ2n) is 9.74. The van der Waals surface area contributed by atoms with E-state index in [2.05, 4.69) is 6.92 Å². The molecule has 4 aliphatic rings. The number of carbonyl (C=O) groups is 1. The highest BCUT2D eigenvalue weighted by Crippen LogP contribution is 2.67. The van der Waals surface area contributed by atoms with Crippen LogP contribution in [-0.2, 0) is 4.79 Å². The quantitative estimate of drug-likeness (QED) is 0.596. The molecule has 8 atom stereocenters. The average Bonchev–Trinajstić information content (AvgIpc) is 2.86. The predicted octanol–water partition coefficient (Wildman–Crippen LogP) is 1.57. The van der Waals surface area contributed by atoms with Gasteiger partial charge in [0.2, 0.25) is 0 Å². The molecule has 26 heavy (non-hydrogen) atoms. The minimum atomic E-state index is -1.35. The van der Waals surface area contributed by atoms with Crippen LogP contribution in [0, 0.1) is 28.6 Å². The van der Waals surface area contributed by atoms with Gasteiger partial charge in [-0.3, -0.25) is 4.79 Å². The number of aliphatic hydroxyl groups is 4. The highest BCUT2D eigenvalue weighted by atomic mass is 16.4. The Morgan fingerprint density at radius 1 is 1.23 bits per heavy atom. The van der Waals surface area contributed by atoms with Gasteiger partial charge in [-0.25, -0.2) is 0 Å². The van der Waals surface area contributed by atoms with E-state index in [-0.39, 0.29) is 29.0 Å². The summed E-state index contributed by atoms with van der Waals surface area (Å²) in [7, 11) is 0. The minimum absolute atomic E-state index is 0.0993. The molecule has 0 aromatic heterocycles. The number of aliphatic hydroxyl groups excluding tert-OH is 3. The lowest BCUT2D eigenvalue weighted by Gasteiger charge is -2.61. The summed E-state index contributed by atoms with van der Waals surface area (Å²) >= 11 is 0. The Kier molecular flexibility index (Phi) is 4.20. The Hall–Kier alpha value is -0.750. The smallest absolute Gasteiger partial charge is 0.155 e. The third-order valence-corrected chi connectivity index (χ3v) is 8.84. The number of hydrogen-bond donors (Lipinski definition) is 4. The molecule has 0 saturated heterocycles. The van der Waals surface area contributed by atoms with Crippen LogP contribution < -0.4 is 0 Å². The molecule has 0 aliphatic heterocycles. The van der Waals surface area contributed by atoms with Gasteiger partial charge in [0.25, 0.3) is 0 Å². The fourth-order valence-electron chi connectivity index (χ4n) is 7.42. The summed E-state index contributed by atoms with van der Waals surface area (Å²) in [5.41, 5.74) is -0.898. The molecule has 0 spiro atoms. The molecule has 3 fully saturated rings. The average molecular weight is 364 g/mol. The van der Waals surface area contributed by atoms with E-state index in [4.69, 9.17) is 0 Å². The summed E-state index contributed by atoms with van der Waals surface area (Å²) in [6, 6.07) is 0. The van der Waals surface area contributed by atoms with Crippen LogP contribution in [0.1, 0.15) is 58.8 Å². The summed E-state index contributed by atoms with van der Waals surface area (Å²) in [6.07, 6.45) is 4.92. The van der Waals surface area contributed by atoms with Crippen LogP contribution in [0.2, 0.25) is 0 Å². The fourth-order valence-corrected chi connectivity index (χ4v) is 7.42. The SMILES string of the molecule is CC12CCC(=O)C=C1CCC1C2C(O)CC2(C)C1CCC2(O)C(O)CO. The fraction of sp³-hybridized carbons (Fsp3) is 0.857. The van der Waals surface area contributed by atoms with E-state index in [1.807, 2.05) is 13.0 Å².